The van der Waals surface area contributed by atoms with Crippen molar-refractivity contribution in [2.75, 3.05) is 60.2 Å². The molecular weight excluding hydrogens is 1370 g/mol. The van der Waals surface area contributed by atoms with Crippen LogP contribution in [0.5, 0.6) is 0 Å². The number of ether oxygens (including phenoxy) is 2. The van der Waals surface area contributed by atoms with E-state index in [0.717, 1.165) is 53.8 Å². The summed E-state index contributed by atoms with van der Waals surface area (Å²) in [4.78, 5) is 138. The second kappa shape index (κ2) is 30.7. The summed E-state index contributed by atoms with van der Waals surface area (Å²) in [5, 5.41) is 24.3. The smallest absolute Gasteiger partial charge is 0.410 e. The average molecular weight is 1450 g/mol. The summed E-state index contributed by atoms with van der Waals surface area (Å²) >= 11 is 1.28. The SMILES string of the molecule is Cc1c(-c2ccc(N3CCc4cccc(C(=O)Nc5nc6cccnc6s5)c4C3)nc2C(=O)O)cnn1CC12CC3(C)CC(C)(C1)CC(OCCN(CCS(=O)(=O)O)C(=O)OCc1ccc(N(C(=O)[C@@H](NC(=O)CCCCCN4C(=O)C=CC4=O)C(C)C)[C@@H](CCCNC(N)=O)C(N)=O)cc1)(C3)C2. The van der Waals surface area contributed by atoms with Gasteiger partial charge in [-0.25, -0.2) is 29.3 Å². The number of anilines is 3. The van der Waals surface area contributed by atoms with Gasteiger partial charge in [-0.3, -0.25) is 53.1 Å². The number of unbranched alkanes of at least 4 members (excludes halogenated alkanes) is 2. The zero-order valence-electron chi connectivity index (χ0n) is 58.4. The number of aromatic carboxylic acids is 1. The zero-order chi connectivity index (χ0) is 73.8. The van der Waals surface area contributed by atoms with E-state index in [1.165, 1.54) is 45.4 Å². The molecule has 4 atom stereocenters. The number of rotatable bonds is 32. The lowest BCUT2D eigenvalue weighted by Crippen LogP contribution is -2.64. The molecule has 4 aliphatic carbocycles. The zero-order valence-corrected chi connectivity index (χ0v) is 60.0. The largest absolute Gasteiger partial charge is 0.476 e. The van der Waals surface area contributed by atoms with Gasteiger partial charge in [0.25, 0.3) is 33.7 Å². The maximum atomic E-state index is 14.8. The highest BCUT2D eigenvalue weighted by Crippen LogP contribution is 2.72. The van der Waals surface area contributed by atoms with E-state index in [1.807, 2.05) is 40.8 Å². The minimum atomic E-state index is -4.55. The number of carbonyl (C=O) groups excluding carboxylic acids is 8. The Morgan fingerprint density at radius 2 is 1.58 bits per heavy atom. The number of hydrogen-bond acceptors (Lipinski definition) is 19. The third-order valence-electron chi connectivity index (χ3n) is 20.3. The third-order valence-corrected chi connectivity index (χ3v) is 21.9. The molecule has 4 fully saturated rings. The number of carboxylic acids is 1. The lowest BCUT2D eigenvalue weighted by atomic mass is 9.39. The maximum Gasteiger partial charge on any atom is 0.410 e. The van der Waals surface area contributed by atoms with Crippen molar-refractivity contribution in [3.8, 4) is 11.1 Å². The molecule has 103 heavy (non-hydrogen) atoms. The van der Waals surface area contributed by atoms with Crippen molar-refractivity contribution < 1.29 is 70.7 Å². The number of nitrogens with two attached hydrogens (primary N) is 2. The standard InChI is InChI=1S/C72H88N14O15S2/c1-44(2)59(80-56(87)16-7-6-8-28-84-57(88)23-24-58(84)89)64(92)86(54(61(73)90)15-11-27-76-66(74)95)48-19-17-46(18-20-48)36-100-68(96)82(31-33-103(97,98)99)30-32-101-72-40-69(4)37-70(5,41-72)39-71(38-69,42-72)43-85-45(3)51(34-77-85)49-21-22-55(79-60(49)65(93)94)83-29-25-47-12-9-13-50(52(47)35-83)62(91)81-67-78-53-14-10-26-75-63(53)102-67/h9-10,12-14,17-24,26,34,44,54,59H,6-8,11,15-16,25,27-33,35-43H2,1-5H3,(H2,73,90)(H,80,87)(H,93,94)(H3,74,76,95)(H,78,81,91)(H,97,98,99)/t54-,59-,69?,70?,71?,72?/m0/s1. The summed E-state index contributed by atoms with van der Waals surface area (Å²) in [5.41, 5.74) is 15.3. The number of nitrogens with zero attached hydrogens (tertiary/aromatic N) is 9. The molecule has 548 valence electrons. The van der Waals surface area contributed by atoms with Gasteiger partial charge in [0.1, 0.15) is 34.9 Å². The van der Waals surface area contributed by atoms with Gasteiger partial charge < -0.3 is 46.5 Å². The first-order chi connectivity index (χ1) is 48.9. The number of aromatic nitrogens is 5. The average Bonchev–Trinajstić information content (AvgIpc) is 1.34. The van der Waals surface area contributed by atoms with Crippen molar-refractivity contribution in [3.05, 3.63) is 125 Å². The number of carboxylic acid groups (broad SMARTS) is 1. The first-order valence-electron chi connectivity index (χ1n) is 34.6. The van der Waals surface area contributed by atoms with Crippen LogP contribution in [0.1, 0.15) is 148 Å². The number of nitrogens with one attached hydrogen (secondary N) is 3. The highest BCUT2D eigenvalue weighted by atomic mass is 32.2. The second-order valence-corrected chi connectivity index (χ2v) is 31.7. The van der Waals surface area contributed by atoms with Crippen LogP contribution in [0.3, 0.4) is 0 Å². The number of urea groups is 1. The molecule has 4 bridgehead atoms. The summed E-state index contributed by atoms with van der Waals surface area (Å²) in [6.07, 6.45) is 11.9. The van der Waals surface area contributed by atoms with E-state index in [1.54, 1.807) is 56.6 Å². The molecule has 2 aromatic carbocycles. The molecule has 0 saturated heterocycles. The van der Waals surface area contributed by atoms with Crippen LogP contribution in [0.2, 0.25) is 0 Å². The first kappa shape index (κ1) is 74.5. The Bertz CT molecular complexity index is 4360. The van der Waals surface area contributed by atoms with Crippen molar-refractivity contribution in [2.24, 2.45) is 33.6 Å². The van der Waals surface area contributed by atoms with Crippen molar-refractivity contribution in [1.29, 1.82) is 0 Å². The van der Waals surface area contributed by atoms with Crippen molar-refractivity contribution in [2.45, 2.75) is 155 Å². The fourth-order valence-corrected chi connectivity index (χ4v) is 18.1. The van der Waals surface area contributed by atoms with E-state index in [2.05, 4.69) is 39.8 Å². The van der Waals surface area contributed by atoms with Gasteiger partial charge >= 0.3 is 18.1 Å². The summed E-state index contributed by atoms with van der Waals surface area (Å²) < 4.78 is 49.0. The Morgan fingerprint density at radius 1 is 0.845 bits per heavy atom. The summed E-state index contributed by atoms with van der Waals surface area (Å²) in [6.45, 7) is 10.7. The number of fused-ring (bicyclic) bond motifs is 2. The van der Waals surface area contributed by atoms with Crippen LogP contribution in [0, 0.1) is 29.1 Å². The van der Waals surface area contributed by atoms with Gasteiger partial charge in [-0.2, -0.15) is 13.5 Å². The topological polar surface area (TPSA) is 404 Å². The molecule has 6 aromatic rings. The monoisotopic (exact) mass is 1450 g/mol. The number of primary amides is 2. The normalized spacial score (nSPS) is 21.0. The van der Waals surface area contributed by atoms with Crippen molar-refractivity contribution in [3.63, 3.8) is 0 Å². The number of thiazole rings is 1. The highest BCUT2D eigenvalue weighted by molar-refractivity contribution is 7.85. The van der Waals surface area contributed by atoms with Gasteiger partial charge in [0.05, 0.1) is 24.2 Å². The molecule has 4 saturated carbocycles. The van der Waals surface area contributed by atoms with E-state index in [-0.39, 0.29) is 85.6 Å². The van der Waals surface area contributed by atoms with Gasteiger partial charge in [-0.05, 0) is 159 Å². The molecule has 6 aliphatic rings. The summed E-state index contributed by atoms with van der Waals surface area (Å²) in [5.74, 6) is -5.11. The Morgan fingerprint density at radius 3 is 2.26 bits per heavy atom. The van der Waals surface area contributed by atoms with Crippen LogP contribution in [-0.4, -0.2) is 169 Å². The first-order valence-corrected chi connectivity index (χ1v) is 37.1. The van der Waals surface area contributed by atoms with Crippen molar-refractivity contribution in [1.82, 2.24) is 45.2 Å². The molecule has 2 unspecified atom stereocenters. The number of benzene rings is 2. The lowest BCUT2D eigenvalue weighted by molar-refractivity contribution is -0.248. The van der Waals surface area contributed by atoms with Gasteiger partial charge in [-0.15, -0.1) is 0 Å². The van der Waals surface area contributed by atoms with E-state index < -0.39 is 93.6 Å². The number of imide groups is 1. The fourth-order valence-electron chi connectivity index (χ4n) is 16.9. The molecule has 29 nitrogen and oxygen atoms in total. The summed E-state index contributed by atoms with van der Waals surface area (Å²) in [6, 6.07) is 15.8. The van der Waals surface area contributed by atoms with Crippen LogP contribution < -0.4 is 37.2 Å². The lowest BCUT2D eigenvalue weighted by Gasteiger charge is -2.69. The molecule has 2 aliphatic heterocycles. The van der Waals surface area contributed by atoms with E-state index >= 15 is 0 Å². The number of pyridine rings is 2. The Balaban J connectivity index is 0.740. The fraction of sp³-hybridized carbons (Fsp3) is 0.486. The third kappa shape index (κ3) is 17.5. The van der Waals surface area contributed by atoms with Gasteiger partial charge in [0.15, 0.2) is 10.8 Å². The predicted octanol–water partition coefficient (Wildman–Crippen LogP) is 7.70. The Kier molecular flexibility index (Phi) is 22.2. The minimum Gasteiger partial charge on any atom is -0.476 e. The minimum absolute atomic E-state index is 0.00238. The molecule has 12 rings (SSSR count). The number of carbonyl (C=O) groups is 9. The van der Waals surface area contributed by atoms with E-state index in [4.69, 9.17) is 31.0 Å². The molecule has 6 heterocycles. The molecule has 9 amide bonds. The maximum absolute atomic E-state index is 14.8. The molecule has 31 heteroatoms. The Hall–Kier alpha value is -9.72. The van der Waals surface area contributed by atoms with Gasteiger partial charge in [0.2, 0.25) is 11.8 Å². The molecule has 4 aromatic heterocycles. The van der Waals surface area contributed by atoms with Crippen LogP contribution in [0.15, 0.2) is 91.3 Å². The predicted molar refractivity (Wildman–Crippen MR) is 382 cm³/mol. The van der Waals surface area contributed by atoms with Crippen molar-refractivity contribution >= 4 is 102 Å². The quantitative estimate of drug-likeness (QED) is 0.0121. The highest BCUT2D eigenvalue weighted by Gasteiger charge is 2.66. The van der Waals surface area contributed by atoms with Gasteiger partial charge in [0, 0.05) is 98.7 Å². The van der Waals surface area contributed by atoms with Crippen LogP contribution in [0.4, 0.5) is 26.2 Å². The Labute approximate surface area is 600 Å². The van der Waals surface area contributed by atoms with Crippen LogP contribution in [-0.2, 0) is 69.7 Å². The number of hydrogen-bond donors (Lipinski definition) is 7. The van der Waals surface area contributed by atoms with Gasteiger partial charge in [-0.1, -0.05) is 69.7 Å². The molecule has 0 radical (unpaired) electrons. The summed E-state index contributed by atoms with van der Waals surface area (Å²) in [7, 11) is -4.55. The van der Waals surface area contributed by atoms with E-state index in [9.17, 15) is 61.2 Å². The van der Waals surface area contributed by atoms with E-state index in [0.29, 0.717) is 95.3 Å². The number of amides is 9. The molecular formula is C72H88N14O15S2. The van der Waals surface area contributed by atoms with Crippen LogP contribution in [0.25, 0.3) is 21.5 Å². The molecule has 0 spiro atoms. The molecule has 9 N–H and O–H groups in total. The van der Waals surface area contributed by atoms with Crippen LogP contribution >= 0.6 is 11.3 Å². The second-order valence-electron chi connectivity index (χ2n) is 29.1.